The Kier molecular flexibility index (Phi) is 3.60. The molecule has 0 amide bonds. The lowest BCUT2D eigenvalue weighted by molar-refractivity contribution is 0.0695. The van der Waals surface area contributed by atoms with Gasteiger partial charge in [0.05, 0.1) is 16.3 Å². The normalized spacial score (nSPS) is 10.3. The zero-order chi connectivity index (χ0) is 13.1. The first-order valence-electron chi connectivity index (χ1n) is 5.30. The number of hydrogen-bond acceptors (Lipinski definition) is 3. The summed E-state index contributed by atoms with van der Waals surface area (Å²) in [4.78, 5) is 15.2. The molecule has 3 N–H and O–H groups in total. The van der Waals surface area contributed by atoms with Gasteiger partial charge in [-0.2, -0.15) is 0 Å². The van der Waals surface area contributed by atoms with Crippen molar-refractivity contribution in [3.8, 4) is 11.3 Å². The van der Waals surface area contributed by atoms with E-state index in [0.29, 0.717) is 16.3 Å². The lowest BCUT2D eigenvalue weighted by Gasteiger charge is -2.08. The molecule has 4 nitrogen and oxygen atoms in total. The van der Waals surface area contributed by atoms with E-state index in [9.17, 15) is 4.79 Å². The summed E-state index contributed by atoms with van der Waals surface area (Å²) in [6.07, 6.45) is 1.63. The molecular weight excluding hydrogens is 252 g/mol. The molecule has 1 aromatic carbocycles. The minimum Gasteiger partial charge on any atom is -0.478 e. The third kappa shape index (κ3) is 2.34. The molecule has 0 bridgehead atoms. The topological polar surface area (TPSA) is 76.2 Å². The summed E-state index contributed by atoms with van der Waals surface area (Å²) in [6.45, 7) is 0.153. The summed E-state index contributed by atoms with van der Waals surface area (Å²) >= 11 is 6.05. The molecule has 0 unspecified atom stereocenters. The highest BCUT2D eigenvalue weighted by atomic mass is 35.5. The SMILES string of the molecule is NCc1cc(-c2ncccc2Cl)ccc1C(=O)O. The number of carboxylic acids is 1. The van der Waals surface area contributed by atoms with Crippen LogP contribution in [0.15, 0.2) is 36.5 Å². The van der Waals surface area contributed by atoms with Crippen molar-refractivity contribution in [2.45, 2.75) is 6.54 Å². The lowest BCUT2D eigenvalue weighted by atomic mass is 10.0. The molecule has 0 fully saturated rings. The largest absolute Gasteiger partial charge is 0.478 e. The van der Waals surface area contributed by atoms with Gasteiger partial charge in [-0.3, -0.25) is 4.98 Å². The number of nitrogens with two attached hydrogens (primary N) is 1. The Labute approximate surface area is 109 Å². The number of rotatable bonds is 3. The highest BCUT2D eigenvalue weighted by molar-refractivity contribution is 6.33. The van der Waals surface area contributed by atoms with E-state index in [0.717, 1.165) is 5.56 Å². The average molecular weight is 263 g/mol. The van der Waals surface area contributed by atoms with E-state index in [1.807, 2.05) is 0 Å². The minimum atomic E-state index is -0.992. The fourth-order valence-corrected chi connectivity index (χ4v) is 1.95. The van der Waals surface area contributed by atoms with Gasteiger partial charge >= 0.3 is 5.97 Å². The molecule has 2 rings (SSSR count). The van der Waals surface area contributed by atoms with E-state index < -0.39 is 5.97 Å². The van der Waals surface area contributed by atoms with Crippen LogP contribution in [0.2, 0.25) is 5.02 Å². The van der Waals surface area contributed by atoms with Crippen molar-refractivity contribution in [2.75, 3.05) is 0 Å². The number of halogens is 1. The first-order chi connectivity index (χ1) is 8.63. The number of aromatic nitrogens is 1. The molecule has 0 saturated carbocycles. The van der Waals surface area contributed by atoms with Crippen molar-refractivity contribution in [3.63, 3.8) is 0 Å². The second kappa shape index (κ2) is 5.16. The van der Waals surface area contributed by atoms with Crippen molar-refractivity contribution in [2.24, 2.45) is 5.73 Å². The highest BCUT2D eigenvalue weighted by Gasteiger charge is 2.12. The van der Waals surface area contributed by atoms with Crippen LogP contribution < -0.4 is 5.73 Å². The molecule has 0 radical (unpaired) electrons. The van der Waals surface area contributed by atoms with Gasteiger partial charge in [-0.1, -0.05) is 17.7 Å². The second-order valence-corrected chi connectivity index (χ2v) is 4.12. The Morgan fingerprint density at radius 2 is 2.17 bits per heavy atom. The summed E-state index contributed by atoms with van der Waals surface area (Å²) in [6, 6.07) is 8.37. The number of carbonyl (C=O) groups is 1. The van der Waals surface area contributed by atoms with Crippen LogP contribution in [0.5, 0.6) is 0 Å². The van der Waals surface area contributed by atoms with Gasteiger partial charge in [0.15, 0.2) is 0 Å². The second-order valence-electron chi connectivity index (χ2n) is 3.72. The fourth-order valence-electron chi connectivity index (χ4n) is 1.72. The molecule has 92 valence electrons. The third-order valence-electron chi connectivity index (χ3n) is 2.59. The summed E-state index contributed by atoms with van der Waals surface area (Å²) in [5.74, 6) is -0.992. The van der Waals surface area contributed by atoms with Gasteiger partial charge in [0.2, 0.25) is 0 Å². The Morgan fingerprint density at radius 3 is 2.78 bits per heavy atom. The number of aromatic carboxylic acids is 1. The smallest absolute Gasteiger partial charge is 0.336 e. The number of hydrogen-bond donors (Lipinski definition) is 2. The maximum absolute atomic E-state index is 11.0. The van der Waals surface area contributed by atoms with Crippen molar-refractivity contribution in [3.05, 3.63) is 52.7 Å². The molecule has 5 heteroatoms. The Hall–Kier alpha value is -1.91. The number of nitrogens with zero attached hydrogens (tertiary/aromatic N) is 1. The highest BCUT2D eigenvalue weighted by Crippen LogP contribution is 2.26. The molecule has 18 heavy (non-hydrogen) atoms. The molecule has 1 heterocycles. The summed E-state index contributed by atoms with van der Waals surface area (Å²) in [5, 5.41) is 9.53. The number of benzene rings is 1. The van der Waals surface area contributed by atoms with E-state index >= 15 is 0 Å². The zero-order valence-electron chi connectivity index (χ0n) is 9.43. The van der Waals surface area contributed by atoms with Gasteiger partial charge in [0.25, 0.3) is 0 Å². The molecule has 1 aromatic heterocycles. The molecule has 0 spiro atoms. The standard InChI is InChI=1S/C13H11ClN2O2/c14-11-2-1-5-16-12(11)8-3-4-10(13(17)18)9(6-8)7-15/h1-6H,7,15H2,(H,17,18). The Balaban J connectivity index is 2.55. The molecule has 0 atom stereocenters. The van der Waals surface area contributed by atoms with Crippen LogP contribution in [0.3, 0.4) is 0 Å². The predicted octanol–water partition coefficient (Wildman–Crippen LogP) is 2.56. The maximum Gasteiger partial charge on any atom is 0.336 e. The summed E-state index contributed by atoms with van der Waals surface area (Å²) < 4.78 is 0. The molecule has 0 aliphatic rings. The van der Waals surface area contributed by atoms with Crippen molar-refractivity contribution < 1.29 is 9.90 Å². The van der Waals surface area contributed by atoms with E-state index in [1.165, 1.54) is 6.07 Å². The molecule has 2 aromatic rings. The van der Waals surface area contributed by atoms with Crippen LogP contribution >= 0.6 is 11.6 Å². The predicted molar refractivity (Wildman–Crippen MR) is 69.5 cm³/mol. The van der Waals surface area contributed by atoms with Crippen molar-refractivity contribution in [1.29, 1.82) is 0 Å². The van der Waals surface area contributed by atoms with Gasteiger partial charge in [0.1, 0.15) is 0 Å². The quantitative estimate of drug-likeness (QED) is 0.891. The van der Waals surface area contributed by atoms with Crippen LogP contribution in [-0.4, -0.2) is 16.1 Å². The van der Waals surface area contributed by atoms with E-state index in [2.05, 4.69) is 4.98 Å². The van der Waals surface area contributed by atoms with Crippen LogP contribution in [-0.2, 0) is 6.54 Å². The molecule has 0 aliphatic carbocycles. The van der Waals surface area contributed by atoms with Gasteiger partial charge in [0, 0.05) is 18.3 Å². The maximum atomic E-state index is 11.0. The van der Waals surface area contributed by atoms with E-state index in [-0.39, 0.29) is 12.1 Å². The Morgan fingerprint density at radius 1 is 1.39 bits per heavy atom. The molecule has 0 saturated heterocycles. The summed E-state index contributed by atoms with van der Waals surface area (Å²) in [5.41, 5.74) is 7.69. The fraction of sp³-hybridized carbons (Fsp3) is 0.0769. The average Bonchev–Trinajstić information content (AvgIpc) is 2.38. The lowest BCUT2D eigenvalue weighted by Crippen LogP contribution is -2.07. The number of carboxylic acid groups (broad SMARTS) is 1. The number of pyridine rings is 1. The van der Waals surface area contributed by atoms with Crippen molar-refractivity contribution in [1.82, 2.24) is 4.98 Å². The molecular formula is C13H11ClN2O2. The summed E-state index contributed by atoms with van der Waals surface area (Å²) in [7, 11) is 0. The molecule has 0 aliphatic heterocycles. The first kappa shape index (κ1) is 12.5. The monoisotopic (exact) mass is 262 g/mol. The van der Waals surface area contributed by atoms with Crippen LogP contribution in [0.1, 0.15) is 15.9 Å². The Bertz CT molecular complexity index is 599. The van der Waals surface area contributed by atoms with Gasteiger partial charge in [-0.05, 0) is 29.8 Å². The van der Waals surface area contributed by atoms with Crippen LogP contribution in [0.25, 0.3) is 11.3 Å². The minimum absolute atomic E-state index is 0.153. The van der Waals surface area contributed by atoms with Crippen LogP contribution in [0, 0.1) is 0 Å². The van der Waals surface area contributed by atoms with E-state index in [4.69, 9.17) is 22.4 Å². The van der Waals surface area contributed by atoms with Gasteiger partial charge in [-0.25, -0.2) is 4.79 Å². The zero-order valence-corrected chi connectivity index (χ0v) is 10.2. The third-order valence-corrected chi connectivity index (χ3v) is 2.89. The van der Waals surface area contributed by atoms with Crippen molar-refractivity contribution >= 4 is 17.6 Å². The van der Waals surface area contributed by atoms with E-state index in [1.54, 1.807) is 30.5 Å². The van der Waals surface area contributed by atoms with Crippen LogP contribution in [0.4, 0.5) is 0 Å². The first-order valence-corrected chi connectivity index (χ1v) is 5.68. The van der Waals surface area contributed by atoms with Gasteiger partial charge in [-0.15, -0.1) is 0 Å². The van der Waals surface area contributed by atoms with Gasteiger partial charge < -0.3 is 10.8 Å².